The standard InChI is InChI=1S/C20H25NO9S/c1-11(22)26-10-16-17(27-12(2)23)18(28-13(3)24)19(29-14(4)25)20(30-16)21-31-15-8-6-5-7-9-15/h5-9,16-21H,10H2,1-4H3/t16-,17-,18+,19-,20-/m1/s1. The van der Waals surface area contributed by atoms with Crippen LogP contribution in [0.25, 0.3) is 0 Å². The number of ether oxygens (including phenoxy) is 5. The summed E-state index contributed by atoms with van der Waals surface area (Å²) in [5, 5.41) is 0. The summed E-state index contributed by atoms with van der Waals surface area (Å²) >= 11 is 1.20. The first-order valence-corrected chi connectivity index (χ1v) is 10.3. The monoisotopic (exact) mass is 455 g/mol. The molecular formula is C20H25NO9S. The lowest BCUT2D eigenvalue weighted by Crippen LogP contribution is -2.64. The van der Waals surface area contributed by atoms with Gasteiger partial charge in [0.1, 0.15) is 12.7 Å². The molecule has 1 aromatic rings. The summed E-state index contributed by atoms with van der Waals surface area (Å²) in [5.41, 5.74) is 0. The lowest BCUT2D eigenvalue weighted by atomic mass is 9.97. The van der Waals surface area contributed by atoms with Crippen LogP contribution in [0.3, 0.4) is 0 Å². The van der Waals surface area contributed by atoms with Gasteiger partial charge >= 0.3 is 23.9 Å². The van der Waals surface area contributed by atoms with Gasteiger partial charge in [-0.15, -0.1) is 0 Å². The van der Waals surface area contributed by atoms with Gasteiger partial charge in [0.05, 0.1) is 0 Å². The fraction of sp³-hybridized carbons (Fsp3) is 0.500. The van der Waals surface area contributed by atoms with Crippen LogP contribution in [0.15, 0.2) is 35.2 Å². The molecule has 0 spiro atoms. The van der Waals surface area contributed by atoms with E-state index in [0.29, 0.717) is 0 Å². The molecule has 1 saturated heterocycles. The smallest absolute Gasteiger partial charge is 0.303 e. The van der Waals surface area contributed by atoms with Crippen molar-refractivity contribution in [1.82, 2.24) is 4.72 Å². The van der Waals surface area contributed by atoms with E-state index in [9.17, 15) is 19.2 Å². The minimum Gasteiger partial charge on any atom is -0.463 e. The zero-order chi connectivity index (χ0) is 23.0. The first kappa shape index (κ1) is 24.6. The number of rotatable bonds is 8. The van der Waals surface area contributed by atoms with Crippen molar-refractivity contribution >= 4 is 35.8 Å². The molecule has 1 fully saturated rings. The van der Waals surface area contributed by atoms with E-state index in [1.807, 2.05) is 30.3 Å². The molecule has 0 aliphatic carbocycles. The molecule has 2 rings (SSSR count). The van der Waals surface area contributed by atoms with Crippen LogP contribution in [0, 0.1) is 0 Å². The number of carbonyl (C=O) groups is 4. The third-order valence-corrected chi connectivity index (χ3v) is 4.88. The SMILES string of the molecule is CC(=O)OC[C@H]1O[C@@H](NSc2ccccc2)[C@H](OC(C)=O)[C@@H](OC(C)=O)[C@@H]1OC(C)=O. The molecule has 0 amide bonds. The van der Waals surface area contributed by atoms with Gasteiger partial charge in [-0.2, -0.15) is 0 Å². The van der Waals surface area contributed by atoms with Crippen molar-refractivity contribution < 1.29 is 42.9 Å². The predicted molar refractivity (Wildman–Crippen MR) is 107 cm³/mol. The van der Waals surface area contributed by atoms with Crippen molar-refractivity contribution in [3.05, 3.63) is 30.3 Å². The molecule has 1 aliphatic heterocycles. The minimum absolute atomic E-state index is 0.272. The summed E-state index contributed by atoms with van der Waals surface area (Å²) in [7, 11) is 0. The van der Waals surface area contributed by atoms with E-state index in [-0.39, 0.29) is 6.61 Å². The van der Waals surface area contributed by atoms with E-state index in [2.05, 4.69) is 4.72 Å². The Morgan fingerprint density at radius 3 is 1.94 bits per heavy atom. The van der Waals surface area contributed by atoms with Crippen LogP contribution in [0.4, 0.5) is 0 Å². The number of esters is 4. The van der Waals surface area contributed by atoms with Crippen LogP contribution < -0.4 is 4.72 Å². The van der Waals surface area contributed by atoms with E-state index in [4.69, 9.17) is 23.7 Å². The van der Waals surface area contributed by atoms with Crippen molar-refractivity contribution in [1.29, 1.82) is 0 Å². The quantitative estimate of drug-likeness (QED) is 0.347. The number of benzene rings is 1. The van der Waals surface area contributed by atoms with E-state index in [1.165, 1.54) is 39.6 Å². The molecular weight excluding hydrogens is 430 g/mol. The van der Waals surface area contributed by atoms with Gasteiger partial charge in [0.2, 0.25) is 0 Å². The van der Waals surface area contributed by atoms with Gasteiger partial charge < -0.3 is 23.7 Å². The summed E-state index contributed by atoms with van der Waals surface area (Å²) in [6.45, 7) is 4.48. The lowest BCUT2D eigenvalue weighted by molar-refractivity contribution is -0.253. The second-order valence-electron chi connectivity index (χ2n) is 6.65. The summed E-state index contributed by atoms with van der Waals surface area (Å²) in [6, 6.07) is 9.25. The molecule has 10 nitrogen and oxygen atoms in total. The molecule has 0 saturated carbocycles. The second-order valence-corrected chi connectivity index (χ2v) is 7.56. The molecule has 31 heavy (non-hydrogen) atoms. The molecule has 0 unspecified atom stereocenters. The lowest BCUT2D eigenvalue weighted by Gasteiger charge is -2.44. The van der Waals surface area contributed by atoms with E-state index >= 15 is 0 Å². The van der Waals surface area contributed by atoms with Crippen molar-refractivity contribution in [2.75, 3.05) is 6.61 Å². The number of hydrogen-bond acceptors (Lipinski definition) is 11. The van der Waals surface area contributed by atoms with Gasteiger partial charge in [-0.25, -0.2) is 4.72 Å². The Morgan fingerprint density at radius 1 is 0.839 bits per heavy atom. The average molecular weight is 455 g/mol. The van der Waals surface area contributed by atoms with Gasteiger partial charge in [0.15, 0.2) is 24.5 Å². The van der Waals surface area contributed by atoms with Crippen LogP contribution in [0.2, 0.25) is 0 Å². The first-order chi connectivity index (χ1) is 14.7. The van der Waals surface area contributed by atoms with Crippen molar-refractivity contribution in [3.63, 3.8) is 0 Å². The van der Waals surface area contributed by atoms with Crippen molar-refractivity contribution in [2.24, 2.45) is 0 Å². The summed E-state index contributed by atoms with van der Waals surface area (Å²) in [4.78, 5) is 47.4. The van der Waals surface area contributed by atoms with E-state index in [0.717, 1.165) is 4.90 Å². The van der Waals surface area contributed by atoms with Crippen molar-refractivity contribution in [2.45, 2.75) is 63.2 Å². The van der Waals surface area contributed by atoms with E-state index < -0.39 is 54.5 Å². The third-order valence-electron chi connectivity index (χ3n) is 4.03. The molecule has 1 aromatic carbocycles. The maximum Gasteiger partial charge on any atom is 0.303 e. The molecule has 170 valence electrons. The summed E-state index contributed by atoms with van der Waals surface area (Å²) < 4.78 is 30.1. The van der Waals surface area contributed by atoms with Crippen LogP contribution in [-0.4, -0.2) is 61.1 Å². The highest BCUT2D eigenvalue weighted by atomic mass is 32.2. The van der Waals surface area contributed by atoms with Crippen LogP contribution in [0.1, 0.15) is 27.7 Å². The Hall–Kier alpha value is -2.63. The number of nitrogens with one attached hydrogen (secondary N) is 1. The Labute approximate surface area is 184 Å². The van der Waals surface area contributed by atoms with Gasteiger partial charge in [-0.1, -0.05) is 18.2 Å². The first-order valence-electron chi connectivity index (χ1n) is 9.45. The summed E-state index contributed by atoms with van der Waals surface area (Å²) in [6.07, 6.45) is -5.49. The zero-order valence-corrected chi connectivity index (χ0v) is 18.4. The fourth-order valence-corrected chi connectivity index (χ4v) is 3.67. The maximum atomic E-state index is 11.8. The molecule has 0 radical (unpaired) electrons. The highest BCUT2D eigenvalue weighted by Crippen LogP contribution is 2.30. The van der Waals surface area contributed by atoms with Crippen LogP contribution in [-0.2, 0) is 42.9 Å². The van der Waals surface area contributed by atoms with Crippen LogP contribution in [0.5, 0.6) is 0 Å². The third kappa shape index (κ3) is 7.85. The van der Waals surface area contributed by atoms with Gasteiger partial charge in [-0.05, 0) is 24.1 Å². The molecule has 0 bridgehead atoms. The molecule has 1 N–H and O–H groups in total. The molecule has 1 aliphatic rings. The molecule has 5 atom stereocenters. The predicted octanol–water partition coefficient (Wildman–Crippen LogP) is 1.37. The molecule has 11 heteroatoms. The van der Waals surface area contributed by atoms with E-state index in [1.54, 1.807) is 0 Å². The van der Waals surface area contributed by atoms with Crippen LogP contribution >= 0.6 is 11.9 Å². The topological polar surface area (TPSA) is 126 Å². The largest absolute Gasteiger partial charge is 0.463 e. The van der Waals surface area contributed by atoms with Gasteiger partial charge in [0, 0.05) is 32.6 Å². The normalized spacial score (nSPS) is 25.2. The summed E-state index contributed by atoms with van der Waals surface area (Å²) in [5.74, 6) is -2.58. The zero-order valence-electron chi connectivity index (χ0n) is 17.6. The highest BCUT2D eigenvalue weighted by Gasteiger charge is 2.52. The average Bonchev–Trinajstić information content (AvgIpc) is 2.68. The molecule has 1 heterocycles. The Morgan fingerprint density at radius 2 is 1.39 bits per heavy atom. The highest BCUT2D eigenvalue weighted by molar-refractivity contribution is 7.97. The maximum absolute atomic E-state index is 11.8. The molecule has 0 aromatic heterocycles. The van der Waals surface area contributed by atoms with Crippen molar-refractivity contribution in [3.8, 4) is 0 Å². The number of hydrogen-bond donors (Lipinski definition) is 1. The minimum atomic E-state index is -1.20. The number of carbonyl (C=O) groups excluding carboxylic acids is 4. The van der Waals surface area contributed by atoms with Gasteiger partial charge in [0.25, 0.3) is 0 Å². The Kier molecular flexibility index (Phi) is 9.28. The van der Waals surface area contributed by atoms with Gasteiger partial charge in [-0.3, -0.25) is 19.2 Å². The fourth-order valence-electron chi connectivity index (χ4n) is 2.94. The Bertz CT molecular complexity index is 788. The Balaban J connectivity index is 2.35. The second kappa shape index (κ2) is 11.7.